The van der Waals surface area contributed by atoms with Crippen LogP contribution in [0.25, 0.3) is 11.5 Å². The number of nitrogens with two attached hydrogens (primary N) is 1. The molecule has 0 amide bonds. The number of aromatic nitrogens is 2. The third-order valence-corrected chi connectivity index (χ3v) is 2.30. The Bertz CT molecular complexity index is 494. The van der Waals surface area contributed by atoms with Crippen LogP contribution in [-0.2, 0) is 6.42 Å². The fourth-order valence-corrected chi connectivity index (χ4v) is 1.43. The van der Waals surface area contributed by atoms with Crippen molar-refractivity contribution in [1.82, 2.24) is 10.1 Å². The highest BCUT2D eigenvalue weighted by Gasteiger charge is 2.10. The second-order valence-electron chi connectivity index (χ2n) is 3.56. The van der Waals surface area contributed by atoms with Crippen LogP contribution in [0, 0.1) is 6.92 Å². The van der Waals surface area contributed by atoms with Crippen LogP contribution < -0.4 is 5.73 Å². The molecule has 0 saturated carbocycles. The molecule has 16 heavy (non-hydrogen) atoms. The lowest BCUT2D eigenvalue weighted by atomic mass is 10.1. The Hall–Kier alpha value is -1.88. The van der Waals surface area contributed by atoms with Crippen molar-refractivity contribution >= 4 is 5.69 Å². The summed E-state index contributed by atoms with van der Waals surface area (Å²) in [6.45, 7) is 1.96. The third kappa shape index (κ3) is 2.04. The molecule has 2 rings (SSSR count). The van der Waals surface area contributed by atoms with Gasteiger partial charge in [-0.15, -0.1) is 0 Å². The fraction of sp³-hybridized carbons (Fsp3) is 0.273. The van der Waals surface area contributed by atoms with E-state index in [1.54, 1.807) is 6.07 Å². The quantitative estimate of drug-likeness (QED) is 0.756. The van der Waals surface area contributed by atoms with Crippen LogP contribution in [0.4, 0.5) is 5.69 Å². The first kappa shape index (κ1) is 10.6. The van der Waals surface area contributed by atoms with Crippen LogP contribution in [0.15, 0.2) is 22.7 Å². The van der Waals surface area contributed by atoms with Crippen LogP contribution >= 0.6 is 0 Å². The Balaban J connectivity index is 2.38. The van der Waals surface area contributed by atoms with Crippen molar-refractivity contribution in [2.45, 2.75) is 13.3 Å². The van der Waals surface area contributed by atoms with E-state index in [1.165, 1.54) is 0 Å². The molecule has 0 spiro atoms. The highest BCUT2D eigenvalue weighted by atomic mass is 16.5. The van der Waals surface area contributed by atoms with E-state index in [0.717, 1.165) is 11.1 Å². The highest BCUT2D eigenvalue weighted by Crippen LogP contribution is 2.23. The fourth-order valence-electron chi connectivity index (χ4n) is 1.43. The molecule has 0 unspecified atom stereocenters. The molecule has 3 N–H and O–H groups in total. The molecule has 84 valence electrons. The smallest absolute Gasteiger partial charge is 0.258 e. The number of aliphatic hydroxyl groups excluding tert-OH is 1. The zero-order chi connectivity index (χ0) is 11.5. The van der Waals surface area contributed by atoms with Crippen molar-refractivity contribution in [2.24, 2.45) is 0 Å². The maximum Gasteiger partial charge on any atom is 0.258 e. The zero-order valence-electron chi connectivity index (χ0n) is 8.97. The van der Waals surface area contributed by atoms with E-state index in [-0.39, 0.29) is 6.61 Å². The van der Waals surface area contributed by atoms with Crippen molar-refractivity contribution in [1.29, 1.82) is 0 Å². The van der Waals surface area contributed by atoms with Gasteiger partial charge in [-0.2, -0.15) is 4.98 Å². The molecule has 0 saturated heterocycles. The van der Waals surface area contributed by atoms with Gasteiger partial charge in [0, 0.05) is 17.7 Å². The van der Waals surface area contributed by atoms with Crippen LogP contribution in [0.2, 0.25) is 0 Å². The minimum absolute atomic E-state index is 0.00881. The van der Waals surface area contributed by atoms with Crippen LogP contribution in [-0.4, -0.2) is 21.9 Å². The highest BCUT2D eigenvalue weighted by molar-refractivity contribution is 5.63. The average Bonchev–Trinajstić information content (AvgIpc) is 2.71. The lowest BCUT2D eigenvalue weighted by Gasteiger charge is -2.01. The van der Waals surface area contributed by atoms with Crippen molar-refractivity contribution in [3.8, 4) is 11.5 Å². The van der Waals surface area contributed by atoms with Crippen LogP contribution in [0.1, 0.15) is 11.4 Å². The Morgan fingerprint density at radius 2 is 2.25 bits per heavy atom. The summed E-state index contributed by atoms with van der Waals surface area (Å²) in [4.78, 5) is 4.18. The number of rotatable bonds is 3. The van der Waals surface area contributed by atoms with Gasteiger partial charge in [0.05, 0.1) is 6.61 Å². The summed E-state index contributed by atoms with van der Waals surface area (Å²) in [6.07, 6.45) is 0.394. The Labute approximate surface area is 92.9 Å². The van der Waals surface area contributed by atoms with Crippen LogP contribution in [0.5, 0.6) is 0 Å². The second kappa shape index (κ2) is 4.32. The van der Waals surface area contributed by atoms with Crippen molar-refractivity contribution in [2.75, 3.05) is 12.3 Å². The third-order valence-electron chi connectivity index (χ3n) is 2.30. The van der Waals surface area contributed by atoms with E-state index >= 15 is 0 Å². The first-order valence-electron chi connectivity index (χ1n) is 5.00. The normalized spacial score (nSPS) is 10.6. The maximum absolute atomic E-state index is 8.76. The molecule has 0 aliphatic carbocycles. The molecule has 5 nitrogen and oxygen atoms in total. The van der Waals surface area contributed by atoms with E-state index in [2.05, 4.69) is 10.1 Å². The molecule has 5 heteroatoms. The van der Waals surface area contributed by atoms with E-state index in [4.69, 9.17) is 15.4 Å². The maximum atomic E-state index is 8.76. The number of anilines is 1. The number of benzene rings is 1. The van der Waals surface area contributed by atoms with Gasteiger partial charge in [-0.25, -0.2) is 0 Å². The van der Waals surface area contributed by atoms with Gasteiger partial charge < -0.3 is 15.4 Å². The lowest BCUT2D eigenvalue weighted by Crippen LogP contribution is -1.93. The van der Waals surface area contributed by atoms with Gasteiger partial charge in [-0.1, -0.05) is 11.2 Å². The van der Waals surface area contributed by atoms with Crippen molar-refractivity contribution in [3.63, 3.8) is 0 Å². The first-order chi connectivity index (χ1) is 7.70. The number of aliphatic hydroxyl groups is 1. The van der Waals surface area contributed by atoms with Gasteiger partial charge in [-0.3, -0.25) is 0 Å². The topological polar surface area (TPSA) is 85.2 Å². The molecular formula is C11H13N3O2. The van der Waals surface area contributed by atoms with E-state index in [0.29, 0.717) is 23.8 Å². The molecule has 0 radical (unpaired) electrons. The lowest BCUT2D eigenvalue weighted by molar-refractivity contribution is 0.293. The van der Waals surface area contributed by atoms with Gasteiger partial charge in [0.1, 0.15) is 0 Å². The molecule has 0 bridgehead atoms. The van der Waals surface area contributed by atoms with Gasteiger partial charge in [-0.05, 0) is 24.6 Å². The Morgan fingerprint density at radius 3 is 3.00 bits per heavy atom. The standard InChI is InChI=1S/C11H13N3O2/c1-7-2-3-8(12)6-9(7)11-13-10(4-5-15)14-16-11/h2-3,6,15H,4-5,12H2,1H3. The summed E-state index contributed by atoms with van der Waals surface area (Å²) in [5.74, 6) is 0.938. The minimum atomic E-state index is 0.00881. The summed E-state index contributed by atoms with van der Waals surface area (Å²) in [5.41, 5.74) is 8.21. The molecule has 0 fully saturated rings. The number of hydrogen-bond acceptors (Lipinski definition) is 5. The molecule has 0 aliphatic heterocycles. The monoisotopic (exact) mass is 219 g/mol. The van der Waals surface area contributed by atoms with Gasteiger partial charge in [0.15, 0.2) is 5.82 Å². The predicted octanol–water partition coefficient (Wildman–Crippen LogP) is 1.16. The minimum Gasteiger partial charge on any atom is -0.399 e. The van der Waals surface area contributed by atoms with E-state index in [9.17, 15) is 0 Å². The largest absolute Gasteiger partial charge is 0.399 e. The first-order valence-corrected chi connectivity index (χ1v) is 5.00. The number of hydrogen-bond donors (Lipinski definition) is 2. The summed E-state index contributed by atoms with van der Waals surface area (Å²) in [5, 5.41) is 12.5. The zero-order valence-corrected chi connectivity index (χ0v) is 8.97. The SMILES string of the molecule is Cc1ccc(N)cc1-c1nc(CCO)no1. The molecule has 1 heterocycles. The Kier molecular flexibility index (Phi) is 2.87. The summed E-state index contributed by atoms with van der Waals surface area (Å²) in [6, 6.07) is 5.52. The van der Waals surface area contributed by atoms with Crippen molar-refractivity contribution < 1.29 is 9.63 Å². The van der Waals surface area contributed by atoms with Crippen molar-refractivity contribution in [3.05, 3.63) is 29.6 Å². The molecule has 1 aromatic carbocycles. The average molecular weight is 219 g/mol. The summed E-state index contributed by atoms with van der Waals surface area (Å²) >= 11 is 0. The predicted molar refractivity (Wildman–Crippen MR) is 59.7 cm³/mol. The summed E-state index contributed by atoms with van der Waals surface area (Å²) < 4.78 is 5.11. The molecule has 0 aliphatic rings. The van der Waals surface area contributed by atoms with E-state index in [1.807, 2.05) is 19.1 Å². The number of nitrogens with zero attached hydrogens (tertiary/aromatic N) is 2. The van der Waals surface area contributed by atoms with Gasteiger partial charge >= 0.3 is 0 Å². The summed E-state index contributed by atoms with van der Waals surface area (Å²) in [7, 11) is 0. The molecule has 0 atom stereocenters. The second-order valence-corrected chi connectivity index (χ2v) is 3.56. The van der Waals surface area contributed by atoms with E-state index < -0.39 is 0 Å². The molecular weight excluding hydrogens is 206 g/mol. The molecule has 2 aromatic rings. The Morgan fingerprint density at radius 1 is 1.44 bits per heavy atom. The van der Waals surface area contributed by atoms with Gasteiger partial charge in [0.25, 0.3) is 5.89 Å². The van der Waals surface area contributed by atoms with Crippen LogP contribution in [0.3, 0.4) is 0 Å². The molecule has 1 aromatic heterocycles. The number of aryl methyl sites for hydroxylation is 1. The number of nitrogen functional groups attached to an aromatic ring is 1. The van der Waals surface area contributed by atoms with Gasteiger partial charge in [0.2, 0.25) is 0 Å².